The number of phosphoric ester groups is 3. The van der Waals surface area contributed by atoms with Gasteiger partial charge in [0.25, 0.3) is 15.6 Å². The smallest absolute Gasteiger partial charge is 0.306 e. The Morgan fingerprint density at radius 3 is 2.07 bits per heavy atom. The Hall–Kier alpha value is -3.62. The summed E-state index contributed by atoms with van der Waals surface area (Å²) in [5.74, 6) is -3.99. The molecule has 3 rings (SSSR count). The van der Waals surface area contributed by atoms with Crippen molar-refractivity contribution in [3.63, 3.8) is 0 Å². The highest BCUT2D eigenvalue weighted by molar-refractivity contribution is 8.13. The number of hydrogen-bond donors (Lipinski definition) is 10. The van der Waals surface area contributed by atoms with Gasteiger partial charge in [0.1, 0.15) is 36.3 Å². The zero-order chi connectivity index (χ0) is 53.0. The number of thioether (sulfide) groups is 1. The Bertz CT molecular complexity index is 2270. The third-order valence-corrected chi connectivity index (χ3v) is 13.4. The molecule has 0 radical (unpaired) electrons. The lowest BCUT2D eigenvalue weighted by Gasteiger charge is -2.36. The van der Waals surface area contributed by atoms with Gasteiger partial charge in [-0.3, -0.25) is 37.7 Å². The second-order valence-corrected chi connectivity index (χ2v) is 21.8. The van der Waals surface area contributed by atoms with Gasteiger partial charge >= 0.3 is 11.9 Å². The van der Waals surface area contributed by atoms with Crippen LogP contribution in [-0.4, -0.2) is 158 Å². The molecule has 2 aromatic heterocycles. The molecule has 1 fully saturated rings. The van der Waals surface area contributed by atoms with Crippen LogP contribution in [0.4, 0.5) is 5.82 Å². The molecule has 9 atom stereocenters. The number of hydrogen-bond acceptors (Lipinski definition) is 27. The van der Waals surface area contributed by atoms with E-state index in [4.69, 9.17) is 30.9 Å². The molecule has 2 aromatic rings. The van der Waals surface area contributed by atoms with E-state index in [1.807, 2.05) is 0 Å². The summed E-state index contributed by atoms with van der Waals surface area (Å²) in [6, 6.07) is 0. The number of fused-ring (bicyclic) bond motifs is 1. The van der Waals surface area contributed by atoms with E-state index in [1.54, 1.807) is 0 Å². The standard InChI is InChI=1S/C28H46N7O20P3S.C6H12O4.2CH4/c1-26(2,22(41)25(42)31-6-5-16(36)30-7-8-59-18(39)10-27(3,43)9-17(37)38)12-52-58(49,50)55-57(47,48)51-11-15-20(54-56(44,45)46)21(40)28(4,53-15)35-14-34-19-23(29)32-13-33-24(19)35;1-6(10,2-3-7)4-5(8)9;;/h13-15,20-22,40-41,43H,5-12H2,1-4H3,(H,30,36)(H,31,42)(H,37,38)(H,47,48)(H,49,50)(H2,29,32,33)(H2,44,45,46);7,10H,2-4H2,1H3,(H,8,9);2*1H4/p-4/t15?,20?,21?,22?,27-,28?;6-;;/m01../s1. The van der Waals surface area contributed by atoms with Gasteiger partial charge in [-0.1, -0.05) is 40.5 Å². The van der Waals surface area contributed by atoms with Crippen molar-refractivity contribution in [1.29, 1.82) is 0 Å². The van der Waals surface area contributed by atoms with Gasteiger partial charge < -0.3 is 94.6 Å². The fourth-order valence-electron chi connectivity index (χ4n) is 5.99. The minimum Gasteiger partial charge on any atom is -0.790 e. The number of aliphatic hydroxyl groups excluding tert-OH is 3. The summed E-state index contributed by atoms with van der Waals surface area (Å²) in [5, 5.41) is 70.2. The molecular formula is C36H62N7O24P3S-4. The fraction of sp³-hybridized carbons (Fsp3) is 0.722. The molecular weight excluding hydrogens is 1040 g/mol. The van der Waals surface area contributed by atoms with E-state index in [0.29, 0.717) is 0 Å². The molecule has 410 valence electrons. The number of nitrogens with one attached hydrogen (secondary N) is 2. The predicted molar refractivity (Wildman–Crippen MR) is 238 cm³/mol. The third-order valence-electron chi connectivity index (χ3n) is 9.47. The van der Waals surface area contributed by atoms with Crippen molar-refractivity contribution >= 4 is 81.1 Å². The SMILES string of the molecule is C.C.CC(C)(COP(=O)([O-])OP(=O)([O-])OCC1OC(C)(n2cnc3c(N)ncnc32)C(O)C1OP(=O)([O-])[O-])C(O)C(=O)NCCC(=O)NCCSC(=O)C[C@@](C)(O)CC(=O)O.C[C@@](O)(CCO)CC(=O)O. The number of carboxylic acids is 2. The molecule has 35 heteroatoms. The van der Waals surface area contributed by atoms with Gasteiger partial charge in [-0.15, -0.1) is 0 Å². The number of phosphoric acid groups is 3. The van der Waals surface area contributed by atoms with Crippen molar-refractivity contribution in [3.05, 3.63) is 12.7 Å². The lowest BCUT2D eigenvalue weighted by molar-refractivity contribution is -0.347. The van der Waals surface area contributed by atoms with Gasteiger partial charge in [0, 0.05) is 43.7 Å². The minimum absolute atomic E-state index is 0. The van der Waals surface area contributed by atoms with E-state index in [-0.39, 0.29) is 76.5 Å². The number of nitrogen functional groups attached to an aromatic ring is 1. The number of aliphatic hydroxyl groups is 5. The molecule has 1 aliphatic rings. The van der Waals surface area contributed by atoms with Gasteiger partial charge in [0.15, 0.2) is 22.3 Å². The number of carboxylic acid groups (broad SMARTS) is 2. The van der Waals surface area contributed by atoms with Gasteiger partial charge in [-0.25, -0.2) is 19.3 Å². The Morgan fingerprint density at radius 2 is 1.51 bits per heavy atom. The summed E-state index contributed by atoms with van der Waals surface area (Å²) in [4.78, 5) is 117. The van der Waals surface area contributed by atoms with Crippen LogP contribution in [0.3, 0.4) is 0 Å². The molecule has 0 spiro atoms. The van der Waals surface area contributed by atoms with E-state index in [9.17, 15) is 72.6 Å². The van der Waals surface area contributed by atoms with E-state index in [1.165, 1.54) is 13.8 Å². The fourth-order valence-corrected chi connectivity index (χ4v) is 9.56. The molecule has 3 heterocycles. The van der Waals surface area contributed by atoms with Gasteiger partial charge in [0.05, 0.1) is 51.4 Å². The Morgan fingerprint density at radius 1 is 0.930 bits per heavy atom. The monoisotopic (exact) mass is 1100 g/mol. The molecule has 0 bridgehead atoms. The highest BCUT2D eigenvalue weighted by atomic mass is 32.2. The molecule has 31 nitrogen and oxygen atoms in total. The number of nitrogens with zero attached hydrogens (tertiary/aromatic N) is 4. The van der Waals surface area contributed by atoms with E-state index in [2.05, 4.69) is 43.5 Å². The molecule has 7 unspecified atom stereocenters. The number of amides is 2. The average Bonchev–Trinajstić information content (AvgIpc) is 3.72. The number of nitrogens with two attached hydrogens (primary N) is 1. The molecule has 0 aromatic carbocycles. The maximum atomic E-state index is 12.6. The van der Waals surface area contributed by atoms with E-state index < -0.39 is 125 Å². The Balaban J connectivity index is 0.00000366. The first-order valence-corrected chi connectivity index (χ1v) is 25.3. The zero-order valence-corrected chi connectivity index (χ0v) is 40.9. The molecule has 0 saturated carbocycles. The maximum Gasteiger partial charge on any atom is 0.306 e. The van der Waals surface area contributed by atoms with Crippen LogP contribution in [-0.2, 0) is 66.0 Å². The summed E-state index contributed by atoms with van der Waals surface area (Å²) in [5.41, 5.74) is -1.10. The van der Waals surface area contributed by atoms with Gasteiger partial charge in [-0.05, 0) is 27.2 Å². The summed E-state index contributed by atoms with van der Waals surface area (Å²) in [6.45, 7) is 3.22. The average molecular weight is 1100 g/mol. The van der Waals surface area contributed by atoms with Gasteiger partial charge in [0.2, 0.25) is 11.8 Å². The first-order chi connectivity index (χ1) is 31.5. The van der Waals surface area contributed by atoms with Crippen LogP contribution in [0.2, 0.25) is 0 Å². The van der Waals surface area contributed by atoms with Crippen LogP contribution in [0.15, 0.2) is 12.7 Å². The Kier molecular flexibility index (Phi) is 26.2. The normalized spacial score (nSPS) is 21.8. The number of ether oxygens (including phenoxy) is 1. The number of rotatable bonds is 27. The summed E-state index contributed by atoms with van der Waals surface area (Å²) < 4.78 is 61.0. The number of carbonyl (C=O) groups excluding carboxylic acids is 3. The zero-order valence-electron chi connectivity index (χ0n) is 37.4. The molecule has 0 aliphatic carbocycles. The summed E-state index contributed by atoms with van der Waals surface area (Å²) in [6.07, 6.45) is -7.62. The number of carbonyl (C=O) groups is 5. The molecule has 1 saturated heterocycles. The minimum atomic E-state index is -5.97. The topological polar surface area (TPSA) is 510 Å². The number of aromatic nitrogens is 4. The highest BCUT2D eigenvalue weighted by Gasteiger charge is 2.55. The third kappa shape index (κ3) is 22.6. The molecule has 71 heavy (non-hydrogen) atoms. The van der Waals surface area contributed by atoms with Crippen LogP contribution < -0.4 is 35.9 Å². The quantitative estimate of drug-likeness (QED) is 0.0311. The lowest BCUT2D eigenvalue weighted by atomic mass is 9.87. The van der Waals surface area contributed by atoms with Crippen molar-refractivity contribution < 1.29 is 116 Å². The number of anilines is 1. The predicted octanol–water partition coefficient (Wildman–Crippen LogP) is -3.21. The highest BCUT2D eigenvalue weighted by Crippen LogP contribution is 2.56. The second-order valence-electron chi connectivity index (χ2n) is 16.6. The van der Waals surface area contributed by atoms with Crippen LogP contribution in [0.25, 0.3) is 11.2 Å². The number of imidazole rings is 1. The summed E-state index contributed by atoms with van der Waals surface area (Å²) in [7, 11) is -17.7. The van der Waals surface area contributed by atoms with Crippen LogP contribution in [0.1, 0.15) is 81.6 Å². The van der Waals surface area contributed by atoms with Crippen LogP contribution in [0, 0.1) is 5.41 Å². The van der Waals surface area contributed by atoms with Crippen molar-refractivity contribution in [2.45, 2.75) is 123 Å². The summed E-state index contributed by atoms with van der Waals surface area (Å²) >= 11 is 0.759. The number of aliphatic carboxylic acids is 2. The van der Waals surface area contributed by atoms with Crippen molar-refractivity contribution in [2.24, 2.45) is 5.41 Å². The molecule has 11 N–H and O–H groups in total. The maximum absolute atomic E-state index is 12.6. The first-order valence-electron chi connectivity index (χ1n) is 20.0. The van der Waals surface area contributed by atoms with Crippen LogP contribution >= 0.6 is 35.2 Å². The Labute approximate surface area is 411 Å². The van der Waals surface area contributed by atoms with Crippen LogP contribution in [0.5, 0.6) is 0 Å². The largest absolute Gasteiger partial charge is 0.790 e. The van der Waals surface area contributed by atoms with E-state index >= 15 is 0 Å². The van der Waals surface area contributed by atoms with Crippen molar-refractivity contribution in [1.82, 2.24) is 30.2 Å². The van der Waals surface area contributed by atoms with Gasteiger partial charge in [-0.2, -0.15) is 0 Å². The molecule has 1 aliphatic heterocycles. The van der Waals surface area contributed by atoms with E-state index in [0.717, 1.165) is 49.8 Å². The first kappa shape index (κ1) is 67.4. The second kappa shape index (κ2) is 27.6. The lowest BCUT2D eigenvalue weighted by Crippen LogP contribution is -2.46. The van der Waals surface area contributed by atoms with Crippen molar-refractivity contribution in [2.75, 3.05) is 44.4 Å². The van der Waals surface area contributed by atoms with Crippen molar-refractivity contribution in [3.8, 4) is 0 Å². The molecule has 2 amide bonds.